The molecular weight excluding hydrogens is 462 g/mol. The molecule has 35 heavy (non-hydrogen) atoms. The summed E-state index contributed by atoms with van der Waals surface area (Å²) in [6, 6.07) is 23.0. The molecule has 1 saturated heterocycles. The van der Waals surface area contributed by atoms with Crippen molar-refractivity contribution >= 4 is 17.5 Å². The van der Waals surface area contributed by atoms with Crippen LogP contribution in [0.2, 0.25) is 5.02 Å². The normalized spacial score (nSPS) is 15.0. The first-order valence-corrected chi connectivity index (χ1v) is 12.0. The third-order valence-electron chi connectivity index (χ3n) is 6.56. The molecule has 2 heterocycles. The molecule has 0 bridgehead atoms. The Hall–Kier alpha value is -3.48. The van der Waals surface area contributed by atoms with Gasteiger partial charge in [0.25, 0.3) is 5.91 Å². The highest BCUT2D eigenvalue weighted by molar-refractivity contribution is 6.30. The lowest BCUT2D eigenvalue weighted by molar-refractivity contribution is 0.0487. The summed E-state index contributed by atoms with van der Waals surface area (Å²) in [5.41, 5.74) is 4.25. The molecule has 0 radical (unpaired) electrons. The second-order valence-electron chi connectivity index (χ2n) is 8.94. The van der Waals surface area contributed by atoms with E-state index in [4.69, 9.17) is 20.8 Å². The van der Waals surface area contributed by atoms with Crippen LogP contribution in [0.15, 0.2) is 77.2 Å². The second kappa shape index (κ2) is 10.0. The van der Waals surface area contributed by atoms with Crippen molar-refractivity contribution in [3.63, 3.8) is 0 Å². The van der Waals surface area contributed by atoms with Crippen LogP contribution in [0.25, 0.3) is 22.9 Å². The van der Waals surface area contributed by atoms with Gasteiger partial charge in [-0.2, -0.15) is 0 Å². The van der Waals surface area contributed by atoms with Crippen LogP contribution in [0.5, 0.6) is 0 Å². The van der Waals surface area contributed by atoms with Crippen molar-refractivity contribution in [1.82, 2.24) is 15.5 Å². The lowest BCUT2D eigenvalue weighted by Crippen LogP contribution is -2.44. The standard InChI is InChI=1S/C28H26ClN3O3/c1-19-4-2-5-22(16-19)27-32-31-26(35-27)21-10-8-20(9-11-21)25(33)30-18-28(12-14-34-15-13-28)23-6-3-7-24(29)17-23/h2-11,16-17H,12-15,18H2,1H3,(H,30,33). The van der Waals surface area contributed by atoms with Gasteiger partial charge >= 0.3 is 0 Å². The van der Waals surface area contributed by atoms with Crippen molar-refractivity contribution < 1.29 is 13.9 Å². The summed E-state index contributed by atoms with van der Waals surface area (Å²) in [7, 11) is 0. The molecule has 4 aromatic rings. The van der Waals surface area contributed by atoms with Gasteiger partial charge in [-0.3, -0.25) is 4.79 Å². The van der Waals surface area contributed by atoms with E-state index in [-0.39, 0.29) is 11.3 Å². The zero-order valence-electron chi connectivity index (χ0n) is 19.5. The minimum atomic E-state index is -0.200. The molecule has 1 aliphatic heterocycles. The molecule has 1 fully saturated rings. The number of rotatable bonds is 6. The predicted molar refractivity (Wildman–Crippen MR) is 135 cm³/mol. The Labute approximate surface area is 209 Å². The number of hydrogen-bond acceptors (Lipinski definition) is 5. The maximum Gasteiger partial charge on any atom is 0.251 e. The molecule has 0 saturated carbocycles. The number of carbonyl (C=O) groups excluding carboxylic acids is 1. The lowest BCUT2D eigenvalue weighted by Gasteiger charge is -2.38. The van der Waals surface area contributed by atoms with Gasteiger partial charge < -0.3 is 14.5 Å². The van der Waals surface area contributed by atoms with Gasteiger partial charge in [0.15, 0.2) is 0 Å². The maximum absolute atomic E-state index is 13.0. The fourth-order valence-corrected chi connectivity index (χ4v) is 4.69. The summed E-state index contributed by atoms with van der Waals surface area (Å²) in [5.74, 6) is 0.749. The fraction of sp³-hybridized carbons (Fsp3) is 0.250. The number of amides is 1. The molecule has 3 aromatic carbocycles. The van der Waals surface area contributed by atoms with E-state index in [2.05, 4.69) is 21.6 Å². The van der Waals surface area contributed by atoms with Gasteiger partial charge in [0.1, 0.15) is 0 Å². The Kier molecular flexibility index (Phi) is 6.66. The number of ether oxygens (including phenoxy) is 1. The van der Waals surface area contributed by atoms with Crippen LogP contribution in [0.4, 0.5) is 0 Å². The number of aryl methyl sites for hydroxylation is 1. The van der Waals surface area contributed by atoms with Gasteiger partial charge in [-0.1, -0.05) is 41.4 Å². The van der Waals surface area contributed by atoms with Crippen molar-refractivity contribution in [3.8, 4) is 22.9 Å². The monoisotopic (exact) mass is 487 g/mol. The van der Waals surface area contributed by atoms with Crippen LogP contribution in [0, 0.1) is 6.92 Å². The summed E-state index contributed by atoms with van der Waals surface area (Å²) in [6.07, 6.45) is 1.65. The first kappa shape index (κ1) is 23.3. The smallest absolute Gasteiger partial charge is 0.251 e. The predicted octanol–water partition coefficient (Wildman–Crippen LogP) is 5.84. The Morgan fingerprint density at radius 2 is 1.66 bits per heavy atom. The fourth-order valence-electron chi connectivity index (χ4n) is 4.50. The third-order valence-corrected chi connectivity index (χ3v) is 6.79. The average Bonchev–Trinajstić information content (AvgIpc) is 3.39. The van der Waals surface area contributed by atoms with Crippen LogP contribution >= 0.6 is 11.6 Å². The SMILES string of the molecule is Cc1cccc(-c2nnc(-c3ccc(C(=O)NCC4(c5cccc(Cl)c5)CCOCC4)cc3)o2)c1. The number of nitrogens with zero attached hydrogens (tertiary/aromatic N) is 2. The lowest BCUT2D eigenvalue weighted by atomic mass is 9.74. The quantitative estimate of drug-likeness (QED) is 0.369. The molecule has 6 nitrogen and oxygen atoms in total. The first-order valence-electron chi connectivity index (χ1n) is 11.7. The Morgan fingerprint density at radius 3 is 2.37 bits per heavy atom. The molecule has 0 atom stereocenters. The van der Waals surface area contributed by atoms with Crippen LogP contribution in [-0.4, -0.2) is 35.9 Å². The third kappa shape index (κ3) is 5.14. The van der Waals surface area contributed by atoms with E-state index in [9.17, 15) is 4.79 Å². The maximum atomic E-state index is 13.0. The van der Waals surface area contributed by atoms with E-state index < -0.39 is 0 Å². The molecule has 1 amide bonds. The van der Waals surface area contributed by atoms with E-state index in [0.29, 0.717) is 42.1 Å². The zero-order chi connectivity index (χ0) is 24.3. The van der Waals surface area contributed by atoms with E-state index in [1.807, 2.05) is 61.5 Å². The largest absolute Gasteiger partial charge is 0.416 e. The van der Waals surface area contributed by atoms with Gasteiger partial charge in [0.2, 0.25) is 11.8 Å². The number of hydrogen-bond donors (Lipinski definition) is 1. The van der Waals surface area contributed by atoms with E-state index in [1.54, 1.807) is 12.1 Å². The van der Waals surface area contributed by atoms with Gasteiger partial charge in [-0.05, 0) is 73.9 Å². The molecule has 178 valence electrons. The van der Waals surface area contributed by atoms with E-state index in [0.717, 1.165) is 35.1 Å². The molecule has 1 N–H and O–H groups in total. The molecule has 1 aromatic heterocycles. The van der Waals surface area contributed by atoms with Gasteiger partial charge in [0.05, 0.1) is 0 Å². The highest BCUT2D eigenvalue weighted by Crippen LogP contribution is 2.35. The Bertz CT molecular complexity index is 1330. The molecule has 0 unspecified atom stereocenters. The van der Waals surface area contributed by atoms with Gasteiger partial charge in [-0.25, -0.2) is 0 Å². The summed E-state index contributed by atoms with van der Waals surface area (Å²) in [6.45, 7) is 3.85. The van der Waals surface area contributed by atoms with Crippen LogP contribution in [0.3, 0.4) is 0 Å². The summed E-state index contributed by atoms with van der Waals surface area (Å²) in [5, 5.41) is 12.2. The van der Waals surface area contributed by atoms with Crippen LogP contribution < -0.4 is 5.32 Å². The highest BCUT2D eigenvalue weighted by atomic mass is 35.5. The second-order valence-corrected chi connectivity index (χ2v) is 9.38. The molecule has 0 spiro atoms. The van der Waals surface area contributed by atoms with E-state index in [1.165, 1.54) is 0 Å². The topological polar surface area (TPSA) is 77.2 Å². The summed E-state index contributed by atoms with van der Waals surface area (Å²) < 4.78 is 11.5. The van der Waals surface area contributed by atoms with E-state index >= 15 is 0 Å². The minimum Gasteiger partial charge on any atom is -0.416 e. The molecule has 0 aliphatic carbocycles. The van der Waals surface area contributed by atoms with Crippen molar-refractivity contribution in [2.24, 2.45) is 0 Å². The van der Waals surface area contributed by atoms with Crippen molar-refractivity contribution in [3.05, 3.63) is 94.5 Å². The molecular formula is C28H26ClN3O3. The minimum absolute atomic E-state index is 0.129. The molecule has 7 heteroatoms. The number of aromatic nitrogens is 2. The molecule has 1 aliphatic rings. The number of nitrogens with one attached hydrogen (secondary N) is 1. The highest BCUT2D eigenvalue weighted by Gasteiger charge is 2.35. The Morgan fingerprint density at radius 1 is 0.943 bits per heavy atom. The van der Waals surface area contributed by atoms with Crippen LogP contribution in [-0.2, 0) is 10.2 Å². The van der Waals surface area contributed by atoms with Crippen molar-refractivity contribution in [2.75, 3.05) is 19.8 Å². The van der Waals surface area contributed by atoms with Crippen molar-refractivity contribution in [1.29, 1.82) is 0 Å². The number of benzene rings is 3. The number of carbonyl (C=O) groups is 1. The molecule has 5 rings (SSSR count). The average molecular weight is 488 g/mol. The van der Waals surface area contributed by atoms with Crippen LogP contribution in [0.1, 0.15) is 34.3 Å². The summed E-state index contributed by atoms with van der Waals surface area (Å²) in [4.78, 5) is 13.0. The van der Waals surface area contributed by atoms with Gasteiger partial charge in [-0.15, -0.1) is 10.2 Å². The number of halogens is 1. The first-order chi connectivity index (χ1) is 17.0. The van der Waals surface area contributed by atoms with Gasteiger partial charge in [0, 0.05) is 46.9 Å². The zero-order valence-corrected chi connectivity index (χ0v) is 20.2. The Balaban J connectivity index is 1.28. The summed E-state index contributed by atoms with van der Waals surface area (Å²) >= 11 is 6.26. The van der Waals surface area contributed by atoms with Crippen molar-refractivity contribution in [2.45, 2.75) is 25.2 Å².